The van der Waals surface area contributed by atoms with Gasteiger partial charge in [0.15, 0.2) is 6.10 Å². The summed E-state index contributed by atoms with van der Waals surface area (Å²) in [6.07, 6.45) is 0.791. The zero-order valence-electron chi connectivity index (χ0n) is 18.3. The summed E-state index contributed by atoms with van der Waals surface area (Å²) in [6, 6.07) is 11.7. The standard InChI is InChI=1S/C23H22BrN3O7S/c24-21-11-17(34-27-21)12-25-22(29)19(9-14-5-7-16(28)8-6-14)26-23(30)33-13-18-10-15-3-1-2-4-20(15)35(18,31)32/h1-8,10,17,19,28H,9,11-13H2,(H,25,29)(H,26,30)/t17?,19-/m0/s1. The fourth-order valence-electron chi connectivity index (χ4n) is 3.59. The van der Waals surface area contributed by atoms with Crippen molar-refractivity contribution >= 4 is 48.5 Å². The Bertz CT molecular complexity index is 1290. The number of nitrogens with one attached hydrogen (secondary N) is 2. The second-order valence-corrected chi connectivity index (χ2v) is 10.8. The minimum absolute atomic E-state index is 0.0441. The van der Waals surface area contributed by atoms with Gasteiger partial charge in [0.2, 0.25) is 15.7 Å². The average Bonchev–Trinajstić information content (AvgIpc) is 3.36. The van der Waals surface area contributed by atoms with Crippen molar-refractivity contribution in [2.24, 2.45) is 5.16 Å². The number of rotatable bonds is 8. The minimum atomic E-state index is -3.74. The number of aromatic hydroxyl groups is 1. The van der Waals surface area contributed by atoms with Crippen molar-refractivity contribution in [1.82, 2.24) is 10.6 Å². The van der Waals surface area contributed by atoms with Crippen molar-refractivity contribution in [3.8, 4) is 5.75 Å². The van der Waals surface area contributed by atoms with Gasteiger partial charge in [-0.1, -0.05) is 35.5 Å². The van der Waals surface area contributed by atoms with E-state index in [1.54, 1.807) is 30.3 Å². The molecule has 2 aromatic carbocycles. The molecular formula is C23H22BrN3O7S. The normalized spacial score (nSPS) is 18.5. The smallest absolute Gasteiger partial charge is 0.408 e. The second-order valence-electron chi connectivity index (χ2n) is 7.94. The van der Waals surface area contributed by atoms with Crippen LogP contribution in [0.3, 0.4) is 0 Å². The summed E-state index contributed by atoms with van der Waals surface area (Å²) >= 11 is 3.23. The maximum Gasteiger partial charge on any atom is 0.408 e. The number of alkyl carbamates (subject to hydrolysis) is 1. The van der Waals surface area contributed by atoms with Crippen LogP contribution >= 0.6 is 15.9 Å². The molecule has 0 saturated heterocycles. The summed E-state index contributed by atoms with van der Waals surface area (Å²) in [5.41, 5.74) is 1.21. The van der Waals surface area contributed by atoms with E-state index in [1.807, 2.05) is 0 Å². The molecule has 0 fully saturated rings. The van der Waals surface area contributed by atoms with Gasteiger partial charge in [0, 0.05) is 12.8 Å². The molecule has 0 radical (unpaired) electrons. The van der Waals surface area contributed by atoms with E-state index in [2.05, 4.69) is 31.7 Å². The first-order valence-corrected chi connectivity index (χ1v) is 12.9. The molecule has 4 rings (SSSR count). The van der Waals surface area contributed by atoms with E-state index in [0.717, 1.165) is 0 Å². The van der Waals surface area contributed by atoms with E-state index in [-0.39, 0.29) is 34.6 Å². The molecule has 12 heteroatoms. The molecular weight excluding hydrogens is 542 g/mol. The molecule has 0 spiro atoms. The Morgan fingerprint density at radius 2 is 1.94 bits per heavy atom. The van der Waals surface area contributed by atoms with E-state index < -0.39 is 34.5 Å². The summed E-state index contributed by atoms with van der Waals surface area (Å²) in [7, 11) is -3.74. The zero-order chi connectivity index (χ0) is 25.0. The van der Waals surface area contributed by atoms with Crippen LogP contribution in [0.15, 0.2) is 63.5 Å². The monoisotopic (exact) mass is 563 g/mol. The molecule has 2 aliphatic heterocycles. The highest BCUT2D eigenvalue weighted by Crippen LogP contribution is 2.32. The lowest BCUT2D eigenvalue weighted by Gasteiger charge is -2.19. The number of carbonyl (C=O) groups excluding carboxylic acids is 2. The van der Waals surface area contributed by atoms with Crippen molar-refractivity contribution in [2.45, 2.75) is 29.9 Å². The van der Waals surface area contributed by atoms with Crippen LogP contribution in [-0.4, -0.2) is 55.4 Å². The third kappa shape index (κ3) is 6.01. The Morgan fingerprint density at radius 3 is 2.63 bits per heavy atom. The summed E-state index contributed by atoms with van der Waals surface area (Å²) in [5.74, 6) is -0.417. The molecule has 2 aromatic rings. The number of benzene rings is 2. The Balaban J connectivity index is 1.38. The number of hydrogen-bond acceptors (Lipinski definition) is 8. The highest BCUT2D eigenvalue weighted by Gasteiger charge is 2.31. The van der Waals surface area contributed by atoms with Crippen molar-refractivity contribution in [1.29, 1.82) is 0 Å². The number of oxime groups is 1. The summed E-state index contributed by atoms with van der Waals surface area (Å²) < 4.78 is 31.1. The lowest BCUT2D eigenvalue weighted by Crippen LogP contribution is -2.49. The van der Waals surface area contributed by atoms with Gasteiger partial charge in [-0.05, 0) is 51.3 Å². The average molecular weight is 564 g/mol. The maximum atomic E-state index is 12.9. The van der Waals surface area contributed by atoms with Crippen molar-refractivity contribution in [3.63, 3.8) is 0 Å². The van der Waals surface area contributed by atoms with E-state index >= 15 is 0 Å². The topological polar surface area (TPSA) is 143 Å². The number of nitrogens with zero attached hydrogens (tertiary/aromatic N) is 1. The molecule has 2 aliphatic rings. The Labute approximate surface area is 210 Å². The molecule has 35 heavy (non-hydrogen) atoms. The summed E-state index contributed by atoms with van der Waals surface area (Å²) in [6.45, 7) is -0.304. The lowest BCUT2D eigenvalue weighted by molar-refractivity contribution is -0.123. The quantitative estimate of drug-likeness (QED) is 0.447. The molecule has 1 unspecified atom stereocenters. The lowest BCUT2D eigenvalue weighted by atomic mass is 10.0. The number of ether oxygens (including phenoxy) is 1. The maximum absolute atomic E-state index is 12.9. The van der Waals surface area contributed by atoms with E-state index in [1.165, 1.54) is 24.3 Å². The fraction of sp³-hybridized carbons (Fsp3) is 0.261. The SMILES string of the molecule is O=C(N[C@@H](Cc1ccc(O)cc1)C(=O)NCC1CC(Br)=NO1)OCC1=Cc2ccccc2S1(=O)=O. The van der Waals surface area contributed by atoms with Crippen LogP contribution in [0.1, 0.15) is 17.5 Å². The minimum Gasteiger partial charge on any atom is -0.508 e. The summed E-state index contributed by atoms with van der Waals surface area (Å²) in [5, 5.41) is 18.5. The van der Waals surface area contributed by atoms with E-state index in [0.29, 0.717) is 22.2 Å². The molecule has 0 aliphatic carbocycles. The van der Waals surface area contributed by atoms with Crippen molar-refractivity contribution in [3.05, 3.63) is 64.6 Å². The van der Waals surface area contributed by atoms with Crippen LogP contribution in [0.4, 0.5) is 4.79 Å². The molecule has 10 nitrogen and oxygen atoms in total. The van der Waals surface area contributed by atoms with Crippen molar-refractivity contribution < 1.29 is 32.7 Å². The predicted octanol–water partition coefficient (Wildman–Crippen LogP) is 2.47. The highest BCUT2D eigenvalue weighted by atomic mass is 79.9. The first-order chi connectivity index (χ1) is 16.7. The molecule has 184 valence electrons. The molecule has 0 saturated carbocycles. The van der Waals surface area contributed by atoms with E-state index in [9.17, 15) is 23.1 Å². The molecule has 2 amide bonds. The van der Waals surface area contributed by atoms with Gasteiger partial charge in [-0.25, -0.2) is 13.2 Å². The van der Waals surface area contributed by atoms with Crippen LogP contribution in [0.2, 0.25) is 0 Å². The Hall–Kier alpha value is -3.38. The number of hydrogen-bond donors (Lipinski definition) is 3. The number of halogens is 1. The number of phenolic OH excluding ortho intramolecular Hbond substituents is 1. The largest absolute Gasteiger partial charge is 0.508 e. The van der Waals surface area contributed by atoms with Gasteiger partial charge < -0.3 is 25.3 Å². The van der Waals surface area contributed by atoms with Gasteiger partial charge in [-0.15, -0.1) is 0 Å². The Kier molecular flexibility index (Phi) is 7.41. The van der Waals surface area contributed by atoms with E-state index in [4.69, 9.17) is 9.57 Å². The van der Waals surface area contributed by atoms with Gasteiger partial charge in [-0.2, -0.15) is 0 Å². The number of fused-ring (bicyclic) bond motifs is 1. The fourth-order valence-corrected chi connectivity index (χ4v) is 5.51. The van der Waals surface area contributed by atoms with Gasteiger partial charge in [0.1, 0.15) is 23.0 Å². The van der Waals surface area contributed by atoms with Crippen LogP contribution < -0.4 is 10.6 Å². The first-order valence-electron chi connectivity index (χ1n) is 10.6. The third-order valence-electron chi connectivity index (χ3n) is 5.40. The second kappa shape index (κ2) is 10.5. The molecule has 0 bridgehead atoms. The van der Waals surface area contributed by atoms with Crippen LogP contribution in [0.25, 0.3) is 6.08 Å². The zero-order valence-corrected chi connectivity index (χ0v) is 20.7. The van der Waals surface area contributed by atoms with Crippen LogP contribution in [0.5, 0.6) is 5.75 Å². The summed E-state index contributed by atoms with van der Waals surface area (Å²) in [4.78, 5) is 30.7. The first kappa shape index (κ1) is 24.7. The number of amides is 2. The molecule has 0 aromatic heterocycles. The van der Waals surface area contributed by atoms with Gasteiger partial charge >= 0.3 is 6.09 Å². The number of phenols is 1. The van der Waals surface area contributed by atoms with Crippen LogP contribution in [-0.2, 0) is 30.6 Å². The molecule has 2 atom stereocenters. The number of carbonyl (C=O) groups is 2. The van der Waals surface area contributed by atoms with Crippen molar-refractivity contribution in [2.75, 3.05) is 13.2 Å². The predicted molar refractivity (Wildman–Crippen MR) is 131 cm³/mol. The highest BCUT2D eigenvalue weighted by molar-refractivity contribution is 9.18. The molecule has 2 heterocycles. The third-order valence-corrected chi connectivity index (χ3v) is 7.75. The van der Waals surface area contributed by atoms with Crippen LogP contribution in [0, 0.1) is 0 Å². The van der Waals surface area contributed by atoms with Gasteiger partial charge in [-0.3, -0.25) is 4.79 Å². The van der Waals surface area contributed by atoms with Gasteiger partial charge in [0.25, 0.3) is 0 Å². The Morgan fingerprint density at radius 1 is 1.20 bits per heavy atom. The molecule has 3 N–H and O–H groups in total. The number of sulfone groups is 1. The van der Waals surface area contributed by atoms with Gasteiger partial charge in [0.05, 0.1) is 16.3 Å².